The Hall–Kier alpha value is -4.25. The third-order valence-corrected chi connectivity index (χ3v) is 9.03. The second-order valence-corrected chi connectivity index (χ2v) is 12.2. The van der Waals surface area contributed by atoms with E-state index in [-0.39, 0.29) is 18.0 Å². The molecule has 2 aliphatic rings. The molecule has 3 amide bonds. The SMILES string of the molecule is COc1ccc(C[C@H](NC(=O)[C@H](C)c2cccc3c2nc(C(N)=O)n3C)C(=O)N[C@@H](CC2CCCC2)C(=O)[C@@]2(C)CO2)cc1. The first kappa shape index (κ1) is 31.2. The Balaban J connectivity index is 1.40. The van der Waals surface area contributed by atoms with Crippen LogP contribution in [0.25, 0.3) is 11.0 Å². The lowest BCUT2D eigenvalue weighted by molar-refractivity contribution is -0.133. The summed E-state index contributed by atoms with van der Waals surface area (Å²) >= 11 is 0. The molecule has 1 saturated carbocycles. The number of ether oxygens (including phenoxy) is 2. The number of hydrogen-bond donors (Lipinski definition) is 3. The van der Waals surface area contributed by atoms with E-state index >= 15 is 0 Å². The van der Waals surface area contributed by atoms with Crippen LogP contribution in [0.5, 0.6) is 5.75 Å². The lowest BCUT2D eigenvalue weighted by Crippen LogP contribution is -2.55. The van der Waals surface area contributed by atoms with Crippen LogP contribution in [-0.2, 0) is 32.6 Å². The van der Waals surface area contributed by atoms with Gasteiger partial charge in [-0.25, -0.2) is 4.98 Å². The van der Waals surface area contributed by atoms with Crippen LogP contribution in [0.1, 0.15) is 73.6 Å². The third-order valence-electron chi connectivity index (χ3n) is 9.03. The maximum atomic E-state index is 13.9. The highest BCUT2D eigenvalue weighted by atomic mass is 16.6. The fraction of sp³-hybridized carbons (Fsp3) is 0.485. The number of aromatic nitrogens is 2. The number of nitrogens with zero attached hydrogens (tertiary/aromatic N) is 2. The van der Waals surface area contributed by atoms with Gasteiger partial charge >= 0.3 is 0 Å². The lowest BCUT2D eigenvalue weighted by atomic mass is 9.90. The van der Waals surface area contributed by atoms with Gasteiger partial charge in [0.2, 0.25) is 11.8 Å². The van der Waals surface area contributed by atoms with Crippen LogP contribution in [-0.4, -0.2) is 64.5 Å². The zero-order chi connectivity index (χ0) is 31.6. The first-order chi connectivity index (χ1) is 21.0. The lowest BCUT2D eigenvalue weighted by Gasteiger charge is -2.26. The summed E-state index contributed by atoms with van der Waals surface area (Å²) in [4.78, 5) is 57.5. The molecule has 1 saturated heterocycles. The number of methoxy groups -OCH3 is 1. The summed E-state index contributed by atoms with van der Waals surface area (Å²) in [7, 11) is 3.27. The number of aryl methyl sites for hydroxylation is 1. The number of hydrogen-bond acceptors (Lipinski definition) is 7. The van der Waals surface area contributed by atoms with Crippen molar-refractivity contribution in [2.75, 3.05) is 13.7 Å². The van der Waals surface area contributed by atoms with Gasteiger partial charge in [-0.3, -0.25) is 19.2 Å². The number of benzene rings is 2. The fourth-order valence-corrected chi connectivity index (χ4v) is 6.15. The monoisotopic (exact) mass is 603 g/mol. The molecule has 4 N–H and O–H groups in total. The molecule has 11 nitrogen and oxygen atoms in total. The molecule has 5 rings (SSSR count). The number of nitrogens with one attached hydrogen (secondary N) is 2. The van der Waals surface area contributed by atoms with E-state index < -0.39 is 41.3 Å². The maximum Gasteiger partial charge on any atom is 0.284 e. The van der Waals surface area contributed by atoms with Crippen LogP contribution in [0.2, 0.25) is 0 Å². The quantitative estimate of drug-likeness (QED) is 0.254. The molecule has 1 aliphatic heterocycles. The summed E-state index contributed by atoms with van der Waals surface area (Å²) in [6.45, 7) is 3.81. The number of imidazole rings is 1. The van der Waals surface area contributed by atoms with E-state index in [4.69, 9.17) is 15.2 Å². The predicted molar refractivity (Wildman–Crippen MR) is 164 cm³/mol. The number of fused-ring (bicyclic) bond motifs is 1. The molecule has 4 atom stereocenters. The second-order valence-electron chi connectivity index (χ2n) is 12.2. The molecule has 0 radical (unpaired) electrons. The Morgan fingerprint density at radius 1 is 1.07 bits per heavy atom. The third kappa shape index (κ3) is 6.62. The number of ketones is 1. The molecule has 1 aromatic heterocycles. The minimum absolute atomic E-state index is 0.0862. The number of Topliss-reactive ketones (excluding diaryl/α,β-unsaturated/α-hetero) is 1. The van der Waals surface area contributed by atoms with Crippen molar-refractivity contribution in [1.29, 1.82) is 0 Å². The molecule has 234 valence electrons. The Labute approximate surface area is 256 Å². The van der Waals surface area contributed by atoms with E-state index in [0.717, 1.165) is 31.2 Å². The minimum atomic E-state index is -0.964. The van der Waals surface area contributed by atoms with Crippen molar-refractivity contribution in [3.8, 4) is 5.75 Å². The van der Waals surface area contributed by atoms with E-state index in [9.17, 15) is 19.2 Å². The average molecular weight is 604 g/mol. The molecule has 2 fully saturated rings. The van der Waals surface area contributed by atoms with Crippen molar-refractivity contribution in [1.82, 2.24) is 20.2 Å². The van der Waals surface area contributed by atoms with Gasteiger partial charge in [0.05, 0.1) is 36.7 Å². The summed E-state index contributed by atoms with van der Waals surface area (Å²) in [6.07, 6.45) is 5.03. The van der Waals surface area contributed by atoms with Gasteiger partial charge in [-0.2, -0.15) is 0 Å². The van der Waals surface area contributed by atoms with Gasteiger partial charge in [-0.05, 0) is 55.5 Å². The Bertz CT molecular complexity index is 1550. The van der Waals surface area contributed by atoms with E-state index in [1.54, 1.807) is 62.9 Å². The Morgan fingerprint density at radius 3 is 2.34 bits per heavy atom. The molecule has 0 spiro atoms. The van der Waals surface area contributed by atoms with Crippen LogP contribution >= 0.6 is 0 Å². The van der Waals surface area contributed by atoms with Crippen molar-refractivity contribution < 1.29 is 28.7 Å². The summed E-state index contributed by atoms with van der Waals surface area (Å²) in [5.41, 5.74) is 7.19. The second kappa shape index (κ2) is 12.8. The van der Waals surface area contributed by atoms with Crippen LogP contribution in [0.3, 0.4) is 0 Å². The van der Waals surface area contributed by atoms with Crippen LogP contribution in [0.15, 0.2) is 42.5 Å². The zero-order valence-electron chi connectivity index (χ0n) is 25.7. The standard InChI is InChI=1S/C33H41N5O6/c1-19(23-10-7-11-26-27(23)37-30(29(34)40)38(26)3)31(41)36-25(17-21-12-14-22(43-4)15-13-21)32(42)35-24(16-20-8-5-6-9-20)28(39)33(2)18-44-33/h7,10-15,19-20,24-25H,5-6,8-9,16-18H2,1-4H3,(H2,34,40)(H,35,42)(H,36,41)/t19-,24+,25+,33-/m1/s1. The molecule has 11 heteroatoms. The molecule has 1 aliphatic carbocycles. The summed E-state index contributed by atoms with van der Waals surface area (Å²) in [5.74, 6) is -1.24. The van der Waals surface area contributed by atoms with Gasteiger partial charge < -0.3 is 30.4 Å². The van der Waals surface area contributed by atoms with Gasteiger partial charge in [-0.15, -0.1) is 0 Å². The number of primary amides is 1. The van der Waals surface area contributed by atoms with Gasteiger partial charge in [0.15, 0.2) is 11.6 Å². The fourth-order valence-electron chi connectivity index (χ4n) is 6.15. The highest BCUT2D eigenvalue weighted by Crippen LogP contribution is 2.34. The molecular weight excluding hydrogens is 562 g/mol. The van der Waals surface area contributed by atoms with Crippen molar-refractivity contribution >= 4 is 34.5 Å². The first-order valence-corrected chi connectivity index (χ1v) is 15.2. The van der Waals surface area contributed by atoms with E-state index in [0.29, 0.717) is 41.3 Å². The van der Waals surface area contributed by atoms with Crippen molar-refractivity contribution in [3.05, 3.63) is 59.4 Å². The molecule has 2 aromatic carbocycles. The minimum Gasteiger partial charge on any atom is -0.497 e. The number of epoxide rings is 1. The van der Waals surface area contributed by atoms with Gasteiger partial charge in [-0.1, -0.05) is 49.9 Å². The first-order valence-electron chi connectivity index (χ1n) is 15.2. The van der Waals surface area contributed by atoms with E-state index in [1.165, 1.54) is 0 Å². The number of carbonyl (C=O) groups excluding carboxylic acids is 4. The van der Waals surface area contributed by atoms with Crippen molar-refractivity contribution in [3.63, 3.8) is 0 Å². The molecule has 0 unspecified atom stereocenters. The van der Waals surface area contributed by atoms with Gasteiger partial charge in [0.25, 0.3) is 5.91 Å². The van der Waals surface area contributed by atoms with Crippen molar-refractivity contribution in [2.45, 2.75) is 76.0 Å². The van der Waals surface area contributed by atoms with Crippen LogP contribution < -0.4 is 21.1 Å². The number of para-hydroxylation sites is 1. The van der Waals surface area contributed by atoms with Gasteiger partial charge in [0, 0.05) is 13.5 Å². The predicted octanol–water partition coefficient (Wildman–Crippen LogP) is 2.93. The number of carbonyl (C=O) groups is 4. The van der Waals surface area contributed by atoms with Crippen molar-refractivity contribution in [2.24, 2.45) is 18.7 Å². The maximum absolute atomic E-state index is 13.9. The number of nitrogens with two attached hydrogens (primary N) is 1. The molecule has 2 heterocycles. The normalized spacial score (nSPS) is 20.1. The van der Waals surface area contributed by atoms with Gasteiger partial charge in [0.1, 0.15) is 17.4 Å². The molecular formula is C33H41N5O6. The highest BCUT2D eigenvalue weighted by Gasteiger charge is 2.50. The average Bonchev–Trinajstić information content (AvgIpc) is 3.39. The van der Waals surface area contributed by atoms with Crippen LogP contribution in [0.4, 0.5) is 0 Å². The largest absolute Gasteiger partial charge is 0.497 e. The Morgan fingerprint density at radius 2 is 1.73 bits per heavy atom. The number of rotatable bonds is 13. The molecule has 0 bridgehead atoms. The number of amides is 3. The highest BCUT2D eigenvalue weighted by molar-refractivity contribution is 5.99. The topological polar surface area (TPSA) is 158 Å². The summed E-state index contributed by atoms with van der Waals surface area (Å²) < 4.78 is 12.3. The summed E-state index contributed by atoms with van der Waals surface area (Å²) in [6, 6.07) is 11.0. The summed E-state index contributed by atoms with van der Waals surface area (Å²) in [5, 5.41) is 5.94. The Kier molecular flexibility index (Phi) is 9.05. The molecule has 3 aromatic rings. The van der Waals surface area contributed by atoms with E-state index in [2.05, 4.69) is 15.6 Å². The molecule has 44 heavy (non-hydrogen) atoms. The smallest absolute Gasteiger partial charge is 0.284 e. The van der Waals surface area contributed by atoms with Crippen LogP contribution in [0, 0.1) is 5.92 Å². The zero-order valence-corrected chi connectivity index (χ0v) is 25.7. The van der Waals surface area contributed by atoms with E-state index in [1.807, 2.05) is 12.1 Å².